The first-order valence-corrected chi connectivity index (χ1v) is 13.4. The highest BCUT2D eigenvalue weighted by molar-refractivity contribution is 7.88. The van der Waals surface area contributed by atoms with Crippen LogP contribution in [-0.4, -0.2) is 49.0 Å². The van der Waals surface area contributed by atoms with Crippen molar-refractivity contribution in [1.82, 2.24) is 15.5 Å². The third-order valence-corrected chi connectivity index (χ3v) is 6.15. The molecule has 0 aliphatic carbocycles. The fourth-order valence-electron chi connectivity index (χ4n) is 3.42. The Hall–Kier alpha value is -4.40. The van der Waals surface area contributed by atoms with Crippen molar-refractivity contribution in [1.29, 1.82) is 0 Å². The van der Waals surface area contributed by atoms with Gasteiger partial charge in [0.15, 0.2) is 0 Å². The van der Waals surface area contributed by atoms with E-state index in [0.29, 0.717) is 0 Å². The molecule has 220 valence electrons. The number of benzene rings is 2. The zero-order chi connectivity index (χ0) is 30.4. The molecule has 2 aromatic carbocycles. The van der Waals surface area contributed by atoms with Crippen LogP contribution < -0.4 is 14.8 Å². The van der Waals surface area contributed by atoms with E-state index in [1.165, 1.54) is 30.3 Å². The van der Waals surface area contributed by atoms with Crippen molar-refractivity contribution in [3.63, 3.8) is 0 Å². The third-order valence-electron chi connectivity index (χ3n) is 5.21. The van der Waals surface area contributed by atoms with Gasteiger partial charge in [0.05, 0.1) is 18.8 Å². The summed E-state index contributed by atoms with van der Waals surface area (Å²) >= 11 is 0. The van der Waals surface area contributed by atoms with Crippen molar-refractivity contribution in [2.75, 3.05) is 12.4 Å². The number of carbonyl (C=O) groups excluding carboxylic acids is 2. The van der Waals surface area contributed by atoms with E-state index in [-0.39, 0.29) is 28.9 Å². The summed E-state index contributed by atoms with van der Waals surface area (Å²) in [6.07, 6.45) is -1.38. The first-order chi connectivity index (χ1) is 19.1. The van der Waals surface area contributed by atoms with Crippen LogP contribution in [0.4, 0.5) is 28.4 Å². The van der Waals surface area contributed by atoms with Gasteiger partial charge in [-0.05, 0) is 56.5 Å². The average Bonchev–Trinajstić information content (AvgIpc) is 2.87. The maximum absolute atomic E-state index is 13.1. The van der Waals surface area contributed by atoms with Gasteiger partial charge >= 0.3 is 27.8 Å². The van der Waals surface area contributed by atoms with Crippen molar-refractivity contribution in [3.8, 4) is 17.0 Å². The lowest BCUT2D eigenvalue weighted by Gasteiger charge is -2.24. The largest absolute Gasteiger partial charge is 0.534 e. The monoisotopic (exact) mass is 596 g/mol. The van der Waals surface area contributed by atoms with E-state index >= 15 is 0 Å². The second kappa shape index (κ2) is 12.4. The van der Waals surface area contributed by atoms with Crippen LogP contribution in [0.2, 0.25) is 0 Å². The topological polar surface area (TPSA) is 146 Å². The number of rotatable bonds is 8. The van der Waals surface area contributed by atoms with Gasteiger partial charge in [-0.25, -0.2) is 9.59 Å². The molecule has 41 heavy (non-hydrogen) atoms. The molecule has 0 radical (unpaired) electrons. The second-order valence-corrected chi connectivity index (χ2v) is 11.1. The number of hydrogen-bond acceptors (Lipinski definition) is 9. The molecule has 2 N–H and O–H groups in total. The number of alkyl carbamates (subject to hydrolysis) is 1. The van der Waals surface area contributed by atoms with Gasteiger partial charge in [0.1, 0.15) is 5.60 Å². The molecule has 15 heteroatoms. The zero-order valence-electron chi connectivity index (χ0n) is 22.4. The van der Waals surface area contributed by atoms with Crippen LogP contribution in [0.1, 0.15) is 38.1 Å². The molecule has 0 spiro atoms. The molecular weight excluding hydrogens is 569 g/mol. The van der Waals surface area contributed by atoms with Gasteiger partial charge in [-0.1, -0.05) is 42.5 Å². The number of anilines is 1. The van der Waals surface area contributed by atoms with Crippen LogP contribution in [0.25, 0.3) is 11.1 Å². The summed E-state index contributed by atoms with van der Waals surface area (Å²) < 4.78 is 77.2. The molecule has 3 rings (SSSR count). The highest BCUT2D eigenvalue weighted by Crippen LogP contribution is 2.35. The summed E-state index contributed by atoms with van der Waals surface area (Å²) in [5.74, 6) is -0.949. The summed E-state index contributed by atoms with van der Waals surface area (Å²) in [7, 11) is -4.93. The van der Waals surface area contributed by atoms with Gasteiger partial charge in [0, 0.05) is 11.3 Å². The molecule has 1 heterocycles. The zero-order valence-corrected chi connectivity index (χ0v) is 23.2. The summed E-state index contributed by atoms with van der Waals surface area (Å²) in [6.45, 7) is 5.01. The third kappa shape index (κ3) is 8.79. The fraction of sp³-hybridized carbons (Fsp3) is 0.308. The number of hydrogen-bond donors (Lipinski definition) is 2. The van der Waals surface area contributed by atoms with Gasteiger partial charge < -0.3 is 19.0 Å². The van der Waals surface area contributed by atoms with Gasteiger partial charge in [-0.3, -0.25) is 5.32 Å². The molecule has 0 aliphatic heterocycles. The average molecular weight is 597 g/mol. The molecule has 3 aromatic rings. The number of methoxy groups -OCH3 is 1. The number of nitrogens with one attached hydrogen (secondary N) is 2. The van der Waals surface area contributed by atoms with Crippen molar-refractivity contribution >= 4 is 28.0 Å². The molecule has 0 bridgehead atoms. The van der Waals surface area contributed by atoms with Crippen molar-refractivity contribution in [2.24, 2.45) is 0 Å². The van der Waals surface area contributed by atoms with Crippen molar-refractivity contribution in [2.45, 2.75) is 44.3 Å². The molecule has 0 saturated carbocycles. The van der Waals surface area contributed by atoms with Crippen LogP contribution in [-0.2, 0) is 26.0 Å². The number of carbonyl (C=O) groups is 2. The Morgan fingerprint density at radius 1 is 0.951 bits per heavy atom. The summed E-state index contributed by atoms with van der Waals surface area (Å²) in [5, 5.41) is 12.6. The highest BCUT2D eigenvalue weighted by Gasteiger charge is 2.49. The Kier molecular flexibility index (Phi) is 9.42. The molecule has 0 aliphatic rings. The SMILES string of the molecule is COC(=O)Nc1ccc(-c2cc(C(Cc3ccccc3)NC(=O)OC(C)(C)C)nnc2OS(=O)(=O)C(F)(F)F)cc1. The standard InChI is InChI=1S/C26H27F3N4O7S/c1-25(2,3)39-24(35)31-20(14-16-8-6-5-7-9-16)21-15-19(17-10-12-18(13-11-17)30-23(34)38-4)22(33-32-21)40-41(36,37)26(27,28)29/h5-13,15,20H,14H2,1-4H3,(H,30,34)(H,31,35). The molecular formula is C26H27F3N4O7S. The maximum atomic E-state index is 13.1. The Bertz CT molecular complexity index is 1480. The molecule has 1 atom stereocenters. The lowest BCUT2D eigenvalue weighted by Crippen LogP contribution is -2.36. The van der Waals surface area contributed by atoms with Crippen LogP contribution in [0.5, 0.6) is 5.88 Å². The van der Waals surface area contributed by atoms with Crippen LogP contribution in [0.15, 0.2) is 60.7 Å². The minimum Gasteiger partial charge on any atom is -0.453 e. The lowest BCUT2D eigenvalue weighted by molar-refractivity contribution is -0.0501. The van der Waals surface area contributed by atoms with Crippen LogP contribution in [0.3, 0.4) is 0 Å². The van der Waals surface area contributed by atoms with Crippen molar-refractivity contribution < 1.29 is 44.8 Å². The summed E-state index contributed by atoms with van der Waals surface area (Å²) in [5.41, 5.74) is -5.45. The minimum atomic E-state index is -6.10. The van der Waals surface area contributed by atoms with Gasteiger partial charge in [0.25, 0.3) is 5.88 Å². The second-order valence-electron chi connectivity index (χ2n) is 9.55. The van der Waals surface area contributed by atoms with E-state index in [0.717, 1.165) is 12.7 Å². The number of amides is 2. The Morgan fingerprint density at radius 3 is 2.15 bits per heavy atom. The molecule has 0 saturated heterocycles. The maximum Gasteiger partial charge on any atom is 0.534 e. The lowest BCUT2D eigenvalue weighted by atomic mass is 10.00. The van der Waals surface area contributed by atoms with Crippen molar-refractivity contribution in [3.05, 3.63) is 71.9 Å². The predicted octanol–water partition coefficient (Wildman–Crippen LogP) is 5.36. The van der Waals surface area contributed by atoms with Gasteiger partial charge in [-0.2, -0.15) is 21.6 Å². The fourth-order valence-corrected chi connectivity index (χ4v) is 3.84. The first-order valence-electron chi connectivity index (χ1n) is 11.9. The number of nitrogens with zero attached hydrogens (tertiary/aromatic N) is 2. The van der Waals surface area contributed by atoms with Crippen LogP contribution >= 0.6 is 0 Å². The molecule has 11 nitrogen and oxygen atoms in total. The Balaban J connectivity index is 2.10. The minimum absolute atomic E-state index is 0.0724. The summed E-state index contributed by atoms with van der Waals surface area (Å²) in [4.78, 5) is 24.1. The van der Waals surface area contributed by atoms with Gasteiger partial charge in [0.2, 0.25) is 0 Å². The molecule has 1 unspecified atom stereocenters. The molecule has 2 amide bonds. The van der Waals surface area contributed by atoms with E-state index in [9.17, 15) is 31.2 Å². The number of aromatic nitrogens is 2. The van der Waals surface area contributed by atoms with E-state index in [1.807, 2.05) is 0 Å². The number of halogens is 3. The van der Waals surface area contributed by atoms with E-state index < -0.39 is 45.3 Å². The Morgan fingerprint density at radius 2 is 1.59 bits per heavy atom. The normalized spacial score (nSPS) is 12.7. The highest BCUT2D eigenvalue weighted by atomic mass is 32.2. The van der Waals surface area contributed by atoms with Gasteiger partial charge in [-0.15, -0.1) is 10.2 Å². The van der Waals surface area contributed by atoms with Crippen LogP contribution in [0, 0.1) is 0 Å². The predicted molar refractivity (Wildman–Crippen MR) is 141 cm³/mol. The number of ether oxygens (including phenoxy) is 2. The summed E-state index contributed by atoms with van der Waals surface area (Å²) in [6, 6.07) is 14.8. The number of alkyl halides is 3. The van der Waals surface area contributed by atoms with E-state index in [1.54, 1.807) is 51.1 Å². The first kappa shape index (κ1) is 31.1. The molecule has 0 fully saturated rings. The van der Waals surface area contributed by atoms with E-state index in [4.69, 9.17) is 4.74 Å². The smallest absolute Gasteiger partial charge is 0.453 e. The quantitative estimate of drug-likeness (QED) is 0.259. The van der Waals surface area contributed by atoms with E-state index in [2.05, 4.69) is 29.8 Å². The molecule has 1 aromatic heterocycles. The Labute approximate surface area is 234 Å².